The van der Waals surface area contributed by atoms with E-state index >= 15 is 0 Å². The van der Waals surface area contributed by atoms with Gasteiger partial charge in [-0.2, -0.15) is 0 Å². The highest BCUT2D eigenvalue weighted by Crippen LogP contribution is 2.12. The lowest BCUT2D eigenvalue weighted by Crippen LogP contribution is -2.26. The van der Waals surface area contributed by atoms with E-state index in [9.17, 15) is 4.79 Å². The number of hydrogen-bond acceptors (Lipinski definition) is 4. The van der Waals surface area contributed by atoms with Gasteiger partial charge in [-0.05, 0) is 24.1 Å². The summed E-state index contributed by atoms with van der Waals surface area (Å²) in [5, 5.41) is 20.2. The van der Waals surface area contributed by atoms with Gasteiger partial charge in [-0.25, -0.2) is 0 Å². The second-order valence-electron chi connectivity index (χ2n) is 4.68. The topological polar surface area (TPSA) is 78.8 Å². The summed E-state index contributed by atoms with van der Waals surface area (Å²) < 4.78 is 4.69. The van der Waals surface area contributed by atoms with Crippen LogP contribution in [0.25, 0.3) is 0 Å². The highest BCUT2D eigenvalue weighted by atomic mass is 16.6. The molecule has 1 rings (SSSR count). The second-order valence-corrected chi connectivity index (χ2v) is 4.68. The van der Waals surface area contributed by atoms with Gasteiger partial charge in [0.15, 0.2) is 0 Å². The van der Waals surface area contributed by atoms with Gasteiger partial charge in [0.05, 0.1) is 6.42 Å². The van der Waals surface area contributed by atoms with Gasteiger partial charge in [0, 0.05) is 6.54 Å². The first-order valence-electron chi connectivity index (χ1n) is 7.00. The predicted octanol–water partition coefficient (Wildman–Crippen LogP) is 1.27. The van der Waals surface area contributed by atoms with Crippen LogP contribution in [0.5, 0.6) is 5.75 Å². The molecule has 0 radical (unpaired) electrons. The zero-order valence-electron chi connectivity index (χ0n) is 11.8. The number of benzene rings is 1. The molecule has 20 heavy (non-hydrogen) atoms. The Kier molecular flexibility index (Phi) is 7.76. The van der Waals surface area contributed by atoms with E-state index in [1.54, 1.807) is 24.3 Å². The molecule has 0 heterocycles. The van der Waals surface area contributed by atoms with Crippen LogP contribution in [0.2, 0.25) is 0 Å². The summed E-state index contributed by atoms with van der Waals surface area (Å²) in [6, 6.07) is 6.66. The molecule has 0 saturated heterocycles. The fourth-order valence-electron chi connectivity index (χ4n) is 1.84. The van der Waals surface area contributed by atoms with Crippen molar-refractivity contribution < 1.29 is 19.5 Å². The number of hydrogen-bond donors (Lipinski definition) is 3. The van der Waals surface area contributed by atoms with Crippen molar-refractivity contribution in [2.75, 3.05) is 6.54 Å². The molecule has 0 atom stereocenters. The van der Waals surface area contributed by atoms with E-state index in [1.807, 2.05) is 0 Å². The summed E-state index contributed by atoms with van der Waals surface area (Å²) in [4.78, 5) is 11.7. The molecule has 0 aromatic heterocycles. The van der Waals surface area contributed by atoms with E-state index in [0.717, 1.165) is 24.9 Å². The zero-order valence-corrected chi connectivity index (χ0v) is 11.8. The Morgan fingerprint density at radius 2 is 1.90 bits per heavy atom. The molecule has 0 fully saturated rings. The quantitative estimate of drug-likeness (QED) is 0.470. The number of rotatable bonds is 9. The monoisotopic (exact) mass is 279 g/mol. The normalized spacial score (nSPS) is 10.2. The summed E-state index contributed by atoms with van der Waals surface area (Å²) in [6.07, 6.45) is 4.86. The highest BCUT2D eigenvalue weighted by molar-refractivity contribution is 6.33. The van der Waals surface area contributed by atoms with Crippen LogP contribution < -0.4 is 9.97 Å². The first kappa shape index (κ1) is 16.5. The zero-order chi connectivity index (χ0) is 14.8. The molecule has 0 aliphatic rings. The first-order valence-corrected chi connectivity index (χ1v) is 7.00. The lowest BCUT2D eigenvalue weighted by molar-refractivity contribution is -0.120. The molecule has 5 nitrogen and oxygen atoms in total. The predicted molar refractivity (Wildman–Crippen MR) is 78.1 cm³/mol. The Balaban J connectivity index is 2.27. The van der Waals surface area contributed by atoms with Crippen LogP contribution in [0, 0.1) is 0 Å². The van der Waals surface area contributed by atoms with Gasteiger partial charge in [0.2, 0.25) is 5.91 Å². The van der Waals surface area contributed by atoms with Crippen LogP contribution in [-0.4, -0.2) is 29.8 Å². The van der Waals surface area contributed by atoms with Crippen LogP contribution >= 0.6 is 0 Å². The van der Waals surface area contributed by atoms with Crippen LogP contribution in [0.4, 0.5) is 0 Å². The number of carbonyl (C=O) groups excluding carboxylic acids is 1. The van der Waals surface area contributed by atoms with E-state index in [2.05, 4.69) is 16.9 Å². The lowest BCUT2D eigenvalue weighted by Gasteiger charge is -2.07. The lowest BCUT2D eigenvalue weighted by atomic mass is 10.1. The fraction of sp³-hybridized carbons (Fsp3) is 0.500. The van der Waals surface area contributed by atoms with E-state index in [-0.39, 0.29) is 5.91 Å². The van der Waals surface area contributed by atoms with Crippen LogP contribution in [0.15, 0.2) is 24.3 Å². The van der Waals surface area contributed by atoms with Gasteiger partial charge < -0.3 is 20.0 Å². The van der Waals surface area contributed by atoms with Crippen molar-refractivity contribution in [2.45, 2.75) is 39.0 Å². The maximum Gasteiger partial charge on any atom is 0.707 e. The molecule has 0 spiro atoms. The summed E-state index contributed by atoms with van der Waals surface area (Å²) >= 11 is 0. The van der Waals surface area contributed by atoms with Crippen molar-refractivity contribution in [3.63, 3.8) is 0 Å². The molecule has 0 aliphatic heterocycles. The standard InChI is InChI=1S/C14H22BNO4/c1-2-3-4-5-10-16-14(17)11-12-6-8-13(9-7-12)20-15(18)19/h6-9,18-19H,2-5,10-11H2,1H3,(H,16,17). The van der Waals surface area contributed by atoms with Crippen LogP contribution in [0.1, 0.15) is 38.2 Å². The molecular formula is C14H22BNO4. The van der Waals surface area contributed by atoms with E-state index in [1.165, 1.54) is 12.8 Å². The number of carbonyl (C=O) groups is 1. The first-order chi connectivity index (χ1) is 9.61. The third-order valence-corrected chi connectivity index (χ3v) is 2.88. The van der Waals surface area contributed by atoms with Crippen molar-refractivity contribution in [3.05, 3.63) is 29.8 Å². The second kappa shape index (κ2) is 9.39. The largest absolute Gasteiger partial charge is 0.707 e. The molecule has 0 bridgehead atoms. The number of amides is 1. The molecule has 0 unspecified atom stereocenters. The fourth-order valence-corrected chi connectivity index (χ4v) is 1.84. The summed E-state index contributed by atoms with van der Waals surface area (Å²) in [7, 11) is -1.83. The highest BCUT2D eigenvalue weighted by Gasteiger charge is 2.11. The van der Waals surface area contributed by atoms with Crippen molar-refractivity contribution in [3.8, 4) is 5.75 Å². The molecule has 0 aliphatic carbocycles. The molecule has 110 valence electrons. The SMILES string of the molecule is CCCCCCNC(=O)Cc1ccc(OB(O)O)cc1. The molecular weight excluding hydrogens is 257 g/mol. The maximum atomic E-state index is 11.7. The Hall–Kier alpha value is -1.53. The van der Waals surface area contributed by atoms with Crippen molar-refractivity contribution in [2.24, 2.45) is 0 Å². The minimum atomic E-state index is -1.83. The minimum absolute atomic E-state index is 0.00244. The third-order valence-electron chi connectivity index (χ3n) is 2.88. The Bertz CT molecular complexity index is 395. The van der Waals surface area contributed by atoms with Crippen molar-refractivity contribution in [1.82, 2.24) is 5.32 Å². The molecule has 0 saturated carbocycles. The van der Waals surface area contributed by atoms with E-state index in [4.69, 9.17) is 10.0 Å². The maximum absolute atomic E-state index is 11.7. The molecule has 1 aromatic rings. The van der Waals surface area contributed by atoms with Gasteiger partial charge >= 0.3 is 7.32 Å². The Labute approximate surface area is 120 Å². The molecule has 1 aromatic carbocycles. The molecule has 1 amide bonds. The number of unbranched alkanes of at least 4 members (excludes halogenated alkanes) is 3. The van der Waals surface area contributed by atoms with Gasteiger partial charge in [-0.3, -0.25) is 4.79 Å². The Morgan fingerprint density at radius 1 is 1.20 bits per heavy atom. The third kappa shape index (κ3) is 7.16. The van der Waals surface area contributed by atoms with Gasteiger partial charge in [0.1, 0.15) is 5.75 Å². The summed E-state index contributed by atoms with van der Waals surface area (Å²) in [6.45, 7) is 2.87. The minimum Gasteiger partial charge on any atom is -0.512 e. The van der Waals surface area contributed by atoms with Crippen LogP contribution in [0.3, 0.4) is 0 Å². The van der Waals surface area contributed by atoms with E-state index in [0.29, 0.717) is 12.2 Å². The Morgan fingerprint density at radius 3 is 2.50 bits per heavy atom. The van der Waals surface area contributed by atoms with Gasteiger partial charge in [-0.1, -0.05) is 38.3 Å². The molecule has 6 heteroatoms. The average molecular weight is 279 g/mol. The van der Waals surface area contributed by atoms with Crippen LogP contribution in [-0.2, 0) is 11.2 Å². The average Bonchev–Trinajstić information content (AvgIpc) is 2.40. The number of nitrogens with one attached hydrogen (secondary N) is 1. The van der Waals surface area contributed by atoms with Gasteiger partial charge in [0.25, 0.3) is 0 Å². The van der Waals surface area contributed by atoms with Crippen molar-refractivity contribution in [1.29, 1.82) is 0 Å². The van der Waals surface area contributed by atoms with Crippen molar-refractivity contribution >= 4 is 13.2 Å². The molecule has 3 N–H and O–H groups in total. The van der Waals surface area contributed by atoms with Gasteiger partial charge in [-0.15, -0.1) is 0 Å². The summed E-state index contributed by atoms with van der Waals surface area (Å²) in [5.74, 6) is 0.348. The summed E-state index contributed by atoms with van der Waals surface area (Å²) in [5.41, 5.74) is 0.857. The smallest absolute Gasteiger partial charge is 0.512 e. The van der Waals surface area contributed by atoms with E-state index < -0.39 is 7.32 Å².